The molecule has 0 heterocycles. The lowest BCUT2D eigenvalue weighted by molar-refractivity contribution is 1.27. The summed E-state index contributed by atoms with van der Waals surface area (Å²) in [4.78, 5) is 0. The highest BCUT2D eigenvalue weighted by Crippen LogP contribution is 2.29. The van der Waals surface area contributed by atoms with Gasteiger partial charge < -0.3 is 0 Å². The first-order valence-corrected chi connectivity index (χ1v) is 5.89. The number of hydrogen-bond donors (Lipinski definition) is 0. The zero-order valence-electron chi connectivity index (χ0n) is 11.3. The van der Waals surface area contributed by atoms with E-state index in [4.69, 9.17) is 0 Å². The molecule has 0 saturated carbocycles. The highest BCUT2D eigenvalue weighted by atomic mass is 14.1. The summed E-state index contributed by atoms with van der Waals surface area (Å²) in [7, 11) is 0. The van der Waals surface area contributed by atoms with Crippen LogP contribution in [0, 0.1) is 20.8 Å². The number of benzene rings is 1. The molecule has 1 aromatic carbocycles. The van der Waals surface area contributed by atoms with E-state index in [1.54, 1.807) is 0 Å². The van der Waals surface area contributed by atoms with E-state index < -0.39 is 0 Å². The third kappa shape index (κ3) is 2.44. The summed E-state index contributed by atoms with van der Waals surface area (Å²) in [5, 5.41) is 0. The van der Waals surface area contributed by atoms with Crippen molar-refractivity contribution < 1.29 is 0 Å². The van der Waals surface area contributed by atoms with E-state index in [0.29, 0.717) is 0 Å². The van der Waals surface area contributed by atoms with E-state index in [1.807, 2.05) is 0 Å². The Hall–Kier alpha value is -1.30. The smallest absolute Gasteiger partial charge is 0.0126 e. The minimum absolute atomic E-state index is 1.34. The third-order valence-corrected chi connectivity index (χ3v) is 3.09. The average molecular weight is 214 g/mol. The molecule has 0 fully saturated rings. The Bertz CT molecular complexity index is 422. The van der Waals surface area contributed by atoms with Crippen molar-refractivity contribution in [1.82, 2.24) is 0 Å². The van der Waals surface area contributed by atoms with Gasteiger partial charge in [-0.15, -0.1) is 0 Å². The summed E-state index contributed by atoms with van der Waals surface area (Å²) in [5.74, 6) is 0. The molecular weight excluding hydrogens is 192 g/mol. The molecule has 86 valence electrons. The lowest BCUT2D eigenvalue weighted by Crippen LogP contribution is -1.95. The molecule has 0 spiro atoms. The molecule has 0 aromatic heterocycles. The Balaban J connectivity index is 3.44. The maximum absolute atomic E-state index is 2.26. The number of hydrogen-bond acceptors (Lipinski definition) is 0. The fourth-order valence-electron chi connectivity index (χ4n) is 2.33. The van der Waals surface area contributed by atoms with E-state index in [9.17, 15) is 0 Å². The van der Waals surface area contributed by atoms with Crippen LogP contribution in [0.2, 0.25) is 0 Å². The molecule has 0 amide bonds. The van der Waals surface area contributed by atoms with Crippen LogP contribution in [0.4, 0.5) is 0 Å². The van der Waals surface area contributed by atoms with E-state index in [2.05, 4.69) is 65.8 Å². The minimum atomic E-state index is 1.34. The van der Waals surface area contributed by atoms with Gasteiger partial charge in [0.05, 0.1) is 0 Å². The van der Waals surface area contributed by atoms with Gasteiger partial charge in [0.1, 0.15) is 0 Å². The first-order chi connectivity index (χ1) is 7.51. The SMILES string of the molecule is CC=C(C)C(=CC)c1c(C)cc(C)cc1C. The second-order valence-corrected chi connectivity index (χ2v) is 4.45. The molecule has 0 aliphatic rings. The molecule has 0 atom stereocenters. The standard InChI is InChI=1S/C16H22/c1-7-12(4)15(8-2)16-13(5)9-11(3)10-14(16)6/h7-10H,1-6H3. The average Bonchev–Trinajstić information content (AvgIpc) is 2.22. The van der Waals surface area contributed by atoms with Gasteiger partial charge in [0.2, 0.25) is 0 Å². The molecular formula is C16H22. The van der Waals surface area contributed by atoms with Gasteiger partial charge >= 0.3 is 0 Å². The summed E-state index contributed by atoms with van der Waals surface area (Å²) in [5.41, 5.74) is 8.17. The molecule has 0 saturated heterocycles. The Morgan fingerprint density at radius 3 is 1.81 bits per heavy atom. The second-order valence-electron chi connectivity index (χ2n) is 4.45. The number of aryl methyl sites for hydroxylation is 3. The minimum Gasteiger partial charge on any atom is -0.0841 e. The molecule has 16 heavy (non-hydrogen) atoms. The van der Waals surface area contributed by atoms with Gasteiger partial charge in [-0.2, -0.15) is 0 Å². The van der Waals surface area contributed by atoms with Crippen LogP contribution in [-0.2, 0) is 0 Å². The van der Waals surface area contributed by atoms with Crippen LogP contribution in [0.15, 0.2) is 29.9 Å². The Labute approximate surface area is 99.7 Å². The molecule has 0 aliphatic carbocycles. The molecule has 0 aliphatic heterocycles. The van der Waals surface area contributed by atoms with Gasteiger partial charge in [0.25, 0.3) is 0 Å². The van der Waals surface area contributed by atoms with Crippen molar-refractivity contribution in [2.75, 3.05) is 0 Å². The normalized spacial score (nSPS) is 13.1. The van der Waals surface area contributed by atoms with Gasteiger partial charge in [-0.3, -0.25) is 0 Å². The molecule has 0 bridgehead atoms. The molecule has 0 nitrogen and oxygen atoms in total. The van der Waals surface area contributed by atoms with E-state index >= 15 is 0 Å². The summed E-state index contributed by atoms with van der Waals surface area (Å²) in [6, 6.07) is 4.52. The van der Waals surface area contributed by atoms with E-state index in [1.165, 1.54) is 33.4 Å². The van der Waals surface area contributed by atoms with Crippen LogP contribution in [0.5, 0.6) is 0 Å². The molecule has 0 radical (unpaired) electrons. The Kier molecular flexibility index (Phi) is 4.12. The first kappa shape index (κ1) is 12.8. The predicted octanol–water partition coefficient (Wildman–Crippen LogP) is 4.98. The number of rotatable bonds is 2. The lowest BCUT2D eigenvalue weighted by atomic mass is 9.90. The summed E-state index contributed by atoms with van der Waals surface area (Å²) in [6.45, 7) is 12.9. The van der Waals surface area contributed by atoms with Crippen LogP contribution < -0.4 is 0 Å². The highest BCUT2D eigenvalue weighted by molar-refractivity contribution is 5.81. The van der Waals surface area contributed by atoms with Crippen molar-refractivity contribution in [3.8, 4) is 0 Å². The van der Waals surface area contributed by atoms with Crippen LogP contribution >= 0.6 is 0 Å². The monoisotopic (exact) mass is 214 g/mol. The molecule has 0 heteroatoms. The highest BCUT2D eigenvalue weighted by Gasteiger charge is 2.09. The van der Waals surface area contributed by atoms with Crippen molar-refractivity contribution in [1.29, 1.82) is 0 Å². The van der Waals surface area contributed by atoms with Crippen LogP contribution in [0.25, 0.3) is 5.57 Å². The first-order valence-electron chi connectivity index (χ1n) is 5.89. The lowest BCUT2D eigenvalue weighted by Gasteiger charge is -2.15. The topological polar surface area (TPSA) is 0 Å². The molecule has 0 N–H and O–H groups in total. The van der Waals surface area contributed by atoms with Crippen LogP contribution in [0.3, 0.4) is 0 Å². The largest absolute Gasteiger partial charge is 0.0841 e. The fraction of sp³-hybridized carbons (Fsp3) is 0.375. The van der Waals surface area contributed by atoms with Gasteiger partial charge in [-0.05, 0) is 69.4 Å². The maximum atomic E-state index is 2.26. The summed E-state index contributed by atoms with van der Waals surface area (Å²) >= 11 is 0. The Morgan fingerprint density at radius 1 is 0.938 bits per heavy atom. The van der Waals surface area contributed by atoms with Crippen LogP contribution in [0.1, 0.15) is 43.0 Å². The summed E-state index contributed by atoms with van der Waals surface area (Å²) in [6.07, 6.45) is 4.38. The van der Waals surface area contributed by atoms with Crippen molar-refractivity contribution in [2.24, 2.45) is 0 Å². The number of allylic oxidation sites excluding steroid dienone is 4. The second kappa shape index (κ2) is 5.16. The van der Waals surface area contributed by atoms with Gasteiger partial charge in [-0.1, -0.05) is 29.8 Å². The molecule has 1 rings (SSSR count). The molecule has 0 unspecified atom stereocenters. The third-order valence-electron chi connectivity index (χ3n) is 3.09. The van der Waals surface area contributed by atoms with E-state index in [-0.39, 0.29) is 0 Å². The Morgan fingerprint density at radius 2 is 1.44 bits per heavy atom. The van der Waals surface area contributed by atoms with Gasteiger partial charge in [0.15, 0.2) is 0 Å². The zero-order valence-corrected chi connectivity index (χ0v) is 11.3. The fourth-order valence-corrected chi connectivity index (χ4v) is 2.33. The van der Waals surface area contributed by atoms with Crippen molar-refractivity contribution in [2.45, 2.75) is 41.5 Å². The predicted molar refractivity (Wildman–Crippen MR) is 73.7 cm³/mol. The zero-order chi connectivity index (χ0) is 12.3. The summed E-state index contributed by atoms with van der Waals surface area (Å²) < 4.78 is 0. The van der Waals surface area contributed by atoms with Crippen molar-refractivity contribution in [3.05, 3.63) is 52.1 Å². The van der Waals surface area contributed by atoms with Gasteiger partial charge in [0, 0.05) is 0 Å². The van der Waals surface area contributed by atoms with E-state index in [0.717, 1.165) is 0 Å². The quantitative estimate of drug-likeness (QED) is 0.609. The van der Waals surface area contributed by atoms with Gasteiger partial charge in [-0.25, -0.2) is 0 Å². The van der Waals surface area contributed by atoms with Crippen molar-refractivity contribution in [3.63, 3.8) is 0 Å². The van der Waals surface area contributed by atoms with Crippen LogP contribution in [-0.4, -0.2) is 0 Å². The maximum Gasteiger partial charge on any atom is -0.0126 e. The molecule has 1 aromatic rings. The van der Waals surface area contributed by atoms with Crippen molar-refractivity contribution >= 4 is 5.57 Å².